The predicted molar refractivity (Wildman–Crippen MR) is 118 cm³/mol. The first-order valence-corrected chi connectivity index (χ1v) is 11.9. The molecule has 0 aromatic heterocycles. The van der Waals surface area contributed by atoms with Crippen LogP contribution in [0.2, 0.25) is 0 Å². The number of aliphatic hydroxyl groups is 3. The molecule has 0 radical (unpaired) electrons. The van der Waals surface area contributed by atoms with Crippen molar-refractivity contribution in [3.05, 3.63) is 29.3 Å². The van der Waals surface area contributed by atoms with Crippen LogP contribution in [0.5, 0.6) is 5.75 Å². The van der Waals surface area contributed by atoms with Crippen LogP contribution in [0, 0.1) is 17.8 Å². The minimum absolute atomic E-state index is 0.0224. The fraction of sp³-hybridized carbons (Fsp3) is 0.720. The highest BCUT2D eigenvalue weighted by atomic mass is 16.6. The van der Waals surface area contributed by atoms with E-state index in [-0.39, 0.29) is 37.9 Å². The molecule has 174 valence electrons. The number of esters is 1. The van der Waals surface area contributed by atoms with Gasteiger partial charge in [0.05, 0.1) is 18.8 Å². The first kappa shape index (κ1) is 24.0. The van der Waals surface area contributed by atoms with Crippen molar-refractivity contribution in [3.63, 3.8) is 0 Å². The molecule has 1 aromatic carbocycles. The molecule has 0 spiro atoms. The van der Waals surface area contributed by atoms with Crippen LogP contribution >= 0.6 is 0 Å². The molecule has 1 fully saturated rings. The molecule has 2 aliphatic carbocycles. The lowest BCUT2D eigenvalue weighted by atomic mass is 9.73. The van der Waals surface area contributed by atoms with Crippen molar-refractivity contribution in [3.8, 4) is 5.75 Å². The van der Waals surface area contributed by atoms with Crippen LogP contribution in [-0.4, -0.2) is 53.3 Å². The summed E-state index contributed by atoms with van der Waals surface area (Å²) >= 11 is 0. The van der Waals surface area contributed by atoms with Crippen LogP contribution < -0.4 is 4.74 Å². The van der Waals surface area contributed by atoms with Crippen molar-refractivity contribution in [2.75, 3.05) is 19.8 Å². The number of unbranched alkanes of at least 4 members (excludes halogenated alkanes) is 2. The number of ether oxygens (including phenoxy) is 2. The van der Waals surface area contributed by atoms with E-state index in [1.54, 1.807) is 0 Å². The minimum Gasteiger partial charge on any atom is -0.482 e. The fourth-order valence-corrected chi connectivity index (χ4v) is 5.44. The monoisotopic (exact) mass is 434 g/mol. The summed E-state index contributed by atoms with van der Waals surface area (Å²) in [6, 6.07) is 5.95. The topological polar surface area (TPSA) is 96.2 Å². The largest absolute Gasteiger partial charge is 0.482 e. The van der Waals surface area contributed by atoms with Crippen LogP contribution in [-0.2, 0) is 22.4 Å². The number of hydrogen-bond donors (Lipinski definition) is 3. The quantitative estimate of drug-likeness (QED) is 0.346. The van der Waals surface area contributed by atoms with E-state index in [9.17, 15) is 15.0 Å². The summed E-state index contributed by atoms with van der Waals surface area (Å²) in [6.45, 7) is 1.77. The molecule has 0 heterocycles. The maximum Gasteiger partial charge on any atom is 0.344 e. The van der Waals surface area contributed by atoms with Crippen molar-refractivity contribution >= 4 is 5.97 Å². The second-order valence-electron chi connectivity index (χ2n) is 9.15. The number of carbonyl (C=O) groups excluding carboxylic acids is 1. The van der Waals surface area contributed by atoms with E-state index in [0.717, 1.165) is 63.4 Å². The third-order valence-electron chi connectivity index (χ3n) is 7.02. The second-order valence-corrected chi connectivity index (χ2v) is 9.15. The maximum absolute atomic E-state index is 11.7. The zero-order valence-electron chi connectivity index (χ0n) is 18.7. The Morgan fingerprint density at radius 3 is 2.84 bits per heavy atom. The van der Waals surface area contributed by atoms with Gasteiger partial charge in [-0.15, -0.1) is 0 Å². The molecular weight excluding hydrogens is 396 g/mol. The van der Waals surface area contributed by atoms with E-state index in [1.165, 1.54) is 5.56 Å². The lowest BCUT2D eigenvalue weighted by molar-refractivity contribution is -0.147. The van der Waals surface area contributed by atoms with Gasteiger partial charge >= 0.3 is 5.97 Å². The normalized spacial score (nSPS) is 25.5. The molecule has 31 heavy (non-hydrogen) atoms. The van der Waals surface area contributed by atoms with Crippen LogP contribution in [0.3, 0.4) is 0 Å². The summed E-state index contributed by atoms with van der Waals surface area (Å²) in [6.07, 6.45) is 7.83. The maximum atomic E-state index is 11.7. The van der Waals surface area contributed by atoms with Gasteiger partial charge in [-0.25, -0.2) is 4.79 Å². The summed E-state index contributed by atoms with van der Waals surface area (Å²) < 4.78 is 10.6. The van der Waals surface area contributed by atoms with Gasteiger partial charge in [-0.3, -0.25) is 0 Å². The molecule has 0 saturated heterocycles. The Hall–Kier alpha value is -1.63. The Labute approximate surface area is 185 Å². The van der Waals surface area contributed by atoms with Crippen molar-refractivity contribution in [1.82, 2.24) is 0 Å². The SMILES string of the molecule is CCCCC[C@@H](O)CC[C@@H]1[C@H]2Cc3cccc(OCC(=O)OCCO)c3C[C@H]2C[C@H]1O. The van der Waals surface area contributed by atoms with E-state index in [0.29, 0.717) is 17.6 Å². The predicted octanol–water partition coefficient (Wildman–Crippen LogP) is 3.03. The number of fused-ring (bicyclic) bond motifs is 2. The molecule has 0 unspecified atom stereocenters. The van der Waals surface area contributed by atoms with E-state index in [4.69, 9.17) is 14.6 Å². The van der Waals surface area contributed by atoms with Crippen molar-refractivity contribution in [2.24, 2.45) is 17.8 Å². The summed E-state index contributed by atoms with van der Waals surface area (Å²) in [7, 11) is 0. The zero-order chi connectivity index (χ0) is 22.2. The summed E-state index contributed by atoms with van der Waals surface area (Å²) in [4.78, 5) is 11.7. The first-order valence-electron chi connectivity index (χ1n) is 11.9. The van der Waals surface area contributed by atoms with Gasteiger partial charge < -0.3 is 24.8 Å². The van der Waals surface area contributed by atoms with Gasteiger partial charge in [-0.05, 0) is 73.5 Å². The summed E-state index contributed by atoms with van der Waals surface area (Å²) in [5, 5.41) is 29.8. The van der Waals surface area contributed by atoms with E-state index in [1.807, 2.05) is 12.1 Å². The molecule has 0 bridgehead atoms. The minimum atomic E-state index is -0.491. The lowest BCUT2D eigenvalue weighted by Gasteiger charge is -2.32. The van der Waals surface area contributed by atoms with Crippen LogP contribution in [0.4, 0.5) is 0 Å². The third kappa shape index (κ3) is 6.43. The van der Waals surface area contributed by atoms with E-state index >= 15 is 0 Å². The van der Waals surface area contributed by atoms with Gasteiger partial charge in [0.1, 0.15) is 12.4 Å². The average Bonchev–Trinajstić information content (AvgIpc) is 3.07. The van der Waals surface area contributed by atoms with Crippen LogP contribution in [0.15, 0.2) is 18.2 Å². The second kappa shape index (κ2) is 11.8. The van der Waals surface area contributed by atoms with Gasteiger partial charge in [0, 0.05) is 0 Å². The first-order chi connectivity index (χ1) is 15.0. The van der Waals surface area contributed by atoms with Crippen molar-refractivity contribution in [1.29, 1.82) is 0 Å². The summed E-state index contributed by atoms with van der Waals surface area (Å²) in [5.41, 5.74) is 2.36. The molecule has 0 aliphatic heterocycles. The van der Waals surface area contributed by atoms with Crippen molar-refractivity contribution < 1.29 is 29.6 Å². The average molecular weight is 435 g/mol. The zero-order valence-corrected chi connectivity index (χ0v) is 18.7. The van der Waals surface area contributed by atoms with E-state index in [2.05, 4.69) is 13.0 Å². The Morgan fingerprint density at radius 1 is 1.23 bits per heavy atom. The molecule has 0 amide bonds. The number of aliphatic hydroxyl groups excluding tert-OH is 3. The van der Waals surface area contributed by atoms with Crippen molar-refractivity contribution in [2.45, 2.75) is 76.9 Å². The van der Waals surface area contributed by atoms with Gasteiger partial charge in [0.2, 0.25) is 0 Å². The smallest absolute Gasteiger partial charge is 0.344 e. The summed E-state index contributed by atoms with van der Waals surface area (Å²) in [5.74, 6) is 1.28. The number of hydrogen-bond acceptors (Lipinski definition) is 6. The molecule has 6 heteroatoms. The van der Waals surface area contributed by atoms with Gasteiger partial charge in [0.25, 0.3) is 0 Å². The molecule has 5 atom stereocenters. The van der Waals surface area contributed by atoms with Crippen LogP contribution in [0.25, 0.3) is 0 Å². The molecular formula is C25H38O6. The Balaban J connectivity index is 1.59. The fourth-order valence-electron chi connectivity index (χ4n) is 5.44. The standard InChI is InChI=1S/C25H38O6/c1-2-3-4-7-19(27)9-10-20-21-13-17-6-5-8-24(31-16-25(29)30-12-11-26)22(17)14-18(21)15-23(20)28/h5-6,8,18-21,23,26-28H,2-4,7,9-16H2,1H3/t18-,19+,20+,21-,23+/m0/s1. The Kier molecular flexibility index (Phi) is 9.17. The van der Waals surface area contributed by atoms with E-state index < -0.39 is 5.97 Å². The molecule has 1 saturated carbocycles. The van der Waals surface area contributed by atoms with Gasteiger partial charge in [-0.2, -0.15) is 0 Å². The highest BCUT2D eigenvalue weighted by Gasteiger charge is 2.44. The highest BCUT2D eigenvalue weighted by molar-refractivity contribution is 5.71. The molecule has 6 nitrogen and oxygen atoms in total. The number of rotatable bonds is 12. The van der Waals surface area contributed by atoms with Gasteiger partial charge in [-0.1, -0.05) is 38.3 Å². The highest BCUT2D eigenvalue weighted by Crippen LogP contribution is 2.48. The molecule has 2 aliphatic rings. The third-order valence-corrected chi connectivity index (χ3v) is 7.02. The Bertz CT molecular complexity index is 705. The van der Waals surface area contributed by atoms with Gasteiger partial charge in [0.15, 0.2) is 6.61 Å². The molecule has 1 aromatic rings. The number of benzene rings is 1. The molecule has 3 rings (SSSR count). The van der Waals surface area contributed by atoms with Crippen LogP contribution in [0.1, 0.15) is 63.0 Å². The molecule has 3 N–H and O–H groups in total. The Morgan fingerprint density at radius 2 is 2.06 bits per heavy atom. The number of carbonyl (C=O) groups is 1. The lowest BCUT2D eigenvalue weighted by Crippen LogP contribution is -2.28.